The third-order valence-electron chi connectivity index (χ3n) is 4.59. The quantitative estimate of drug-likeness (QED) is 0.198. The monoisotopic (exact) mass is 429 g/mol. The van der Waals surface area contributed by atoms with E-state index in [0.29, 0.717) is 12.8 Å². The van der Waals surface area contributed by atoms with Crippen molar-refractivity contribution in [2.24, 2.45) is 11.5 Å². The first-order valence-electron chi connectivity index (χ1n) is 9.33. The smallest absolute Gasteiger partial charge is 0.326 e. The van der Waals surface area contributed by atoms with E-state index in [1.54, 1.807) is 0 Å². The van der Waals surface area contributed by atoms with Crippen LogP contribution in [-0.2, 0) is 28.8 Å². The summed E-state index contributed by atoms with van der Waals surface area (Å²) in [7, 11) is 0. The molecule has 0 bridgehead atoms. The zero-order chi connectivity index (χ0) is 23.0. The van der Waals surface area contributed by atoms with Crippen molar-refractivity contribution in [3.05, 3.63) is 0 Å². The molecule has 4 amide bonds. The number of primary amides is 1. The molecule has 0 spiro atoms. The third kappa shape index (κ3) is 7.31. The summed E-state index contributed by atoms with van der Waals surface area (Å²) in [5, 5.41) is 22.4. The number of nitrogens with one attached hydrogen (secondary N) is 2. The van der Waals surface area contributed by atoms with Gasteiger partial charge in [-0.2, -0.15) is 0 Å². The van der Waals surface area contributed by atoms with Gasteiger partial charge in [0.15, 0.2) is 0 Å². The first-order chi connectivity index (χ1) is 13.9. The number of carbonyl (C=O) groups is 6. The van der Waals surface area contributed by atoms with Crippen molar-refractivity contribution in [3.8, 4) is 0 Å². The molecule has 1 saturated heterocycles. The molecule has 1 fully saturated rings. The van der Waals surface area contributed by atoms with Crippen molar-refractivity contribution in [2.45, 2.75) is 63.2 Å². The number of likely N-dealkylation sites (tertiary alicyclic amines) is 1. The van der Waals surface area contributed by atoms with Crippen LogP contribution in [0.5, 0.6) is 0 Å². The van der Waals surface area contributed by atoms with Crippen LogP contribution in [-0.4, -0.2) is 81.4 Å². The van der Waals surface area contributed by atoms with Gasteiger partial charge in [-0.25, -0.2) is 4.79 Å². The van der Waals surface area contributed by atoms with Crippen LogP contribution in [0.25, 0.3) is 0 Å². The van der Waals surface area contributed by atoms with Crippen molar-refractivity contribution >= 4 is 35.6 Å². The fourth-order valence-electron chi connectivity index (χ4n) is 3.01. The maximum Gasteiger partial charge on any atom is 0.326 e. The van der Waals surface area contributed by atoms with Crippen LogP contribution in [0, 0.1) is 0 Å². The molecule has 1 aliphatic heterocycles. The first-order valence-corrected chi connectivity index (χ1v) is 9.33. The molecule has 1 rings (SSSR count). The second kappa shape index (κ2) is 11.1. The molecule has 0 aliphatic carbocycles. The summed E-state index contributed by atoms with van der Waals surface area (Å²) in [6.07, 6.45) is -0.320. The molecule has 4 unspecified atom stereocenters. The van der Waals surface area contributed by atoms with Gasteiger partial charge in [0, 0.05) is 13.0 Å². The minimum atomic E-state index is -1.44. The first kappa shape index (κ1) is 24.8. The maximum absolute atomic E-state index is 12.5. The molecule has 168 valence electrons. The largest absolute Gasteiger partial charge is 0.481 e. The van der Waals surface area contributed by atoms with E-state index in [9.17, 15) is 33.9 Å². The van der Waals surface area contributed by atoms with Crippen LogP contribution in [0.4, 0.5) is 0 Å². The number of nitrogens with two attached hydrogens (primary N) is 2. The van der Waals surface area contributed by atoms with Gasteiger partial charge in [0.1, 0.15) is 18.1 Å². The van der Waals surface area contributed by atoms with Crippen LogP contribution in [0.3, 0.4) is 0 Å². The Bertz CT molecular complexity index is 712. The average molecular weight is 429 g/mol. The molecule has 1 aliphatic rings. The highest BCUT2D eigenvalue weighted by atomic mass is 16.4. The molecule has 0 aromatic rings. The van der Waals surface area contributed by atoms with Gasteiger partial charge in [-0.15, -0.1) is 0 Å². The highest BCUT2D eigenvalue weighted by Gasteiger charge is 2.37. The second-order valence-electron chi connectivity index (χ2n) is 7.03. The third-order valence-corrected chi connectivity index (χ3v) is 4.59. The summed E-state index contributed by atoms with van der Waals surface area (Å²) in [5.74, 6) is -5.57. The van der Waals surface area contributed by atoms with E-state index >= 15 is 0 Å². The van der Waals surface area contributed by atoms with Crippen molar-refractivity contribution < 1.29 is 39.0 Å². The number of hydrogen-bond acceptors (Lipinski definition) is 7. The average Bonchev–Trinajstić information content (AvgIpc) is 3.14. The Labute approximate surface area is 172 Å². The van der Waals surface area contributed by atoms with Gasteiger partial charge >= 0.3 is 11.9 Å². The standard InChI is InChI=1S/C17H27N5O8/c1-8(16(28)22-6-2-3-11(22)17(29)30)20-15(27)10(7-12(19)23)21-14(26)9(18)4-5-13(24)25/h8-11H,2-7,18H2,1H3,(H2,19,23)(H,20,27)(H,21,26)(H,24,25)(H,29,30). The molecule has 13 heteroatoms. The number of carboxylic acid groups (broad SMARTS) is 2. The summed E-state index contributed by atoms with van der Waals surface area (Å²) in [4.78, 5) is 71.3. The minimum Gasteiger partial charge on any atom is -0.481 e. The van der Waals surface area contributed by atoms with E-state index < -0.39 is 66.2 Å². The van der Waals surface area contributed by atoms with E-state index in [-0.39, 0.29) is 19.4 Å². The van der Waals surface area contributed by atoms with Crippen molar-refractivity contribution in [3.63, 3.8) is 0 Å². The Hall–Kier alpha value is -3.22. The highest BCUT2D eigenvalue weighted by molar-refractivity contribution is 5.96. The molecule has 0 radical (unpaired) electrons. The summed E-state index contributed by atoms with van der Waals surface area (Å²) < 4.78 is 0. The molecule has 13 nitrogen and oxygen atoms in total. The second-order valence-corrected chi connectivity index (χ2v) is 7.03. The summed E-state index contributed by atoms with van der Waals surface area (Å²) in [6.45, 7) is 1.58. The van der Waals surface area contributed by atoms with Crippen LogP contribution >= 0.6 is 0 Å². The lowest BCUT2D eigenvalue weighted by Gasteiger charge is -2.27. The van der Waals surface area contributed by atoms with Gasteiger partial charge in [0.25, 0.3) is 0 Å². The predicted molar refractivity (Wildman–Crippen MR) is 101 cm³/mol. The number of nitrogens with zero attached hydrogens (tertiary/aromatic N) is 1. The lowest BCUT2D eigenvalue weighted by molar-refractivity contribution is -0.149. The van der Waals surface area contributed by atoms with Crippen LogP contribution in [0.2, 0.25) is 0 Å². The molecule has 1 heterocycles. The van der Waals surface area contributed by atoms with Crippen molar-refractivity contribution in [1.29, 1.82) is 0 Å². The maximum atomic E-state index is 12.5. The van der Waals surface area contributed by atoms with E-state index in [2.05, 4.69) is 10.6 Å². The van der Waals surface area contributed by atoms with Gasteiger partial charge in [-0.3, -0.25) is 24.0 Å². The normalized spacial score (nSPS) is 18.7. The molecular weight excluding hydrogens is 402 g/mol. The summed E-state index contributed by atoms with van der Waals surface area (Å²) in [5.41, 5.74) is 10.7. The van der Waals surface area contributed by atoms with Crippen molar-refractivity contribution in [2.75, 3.05) is 6.54 Å². The van der Waals surface area contributed by atoms with Gasteiger partial charge < -0.3 is 37.2 Å². The van der Waals surface area contributed by atoms with Crippen LogP contribution in [0.15, 0.2) is 0 Å². The minimum absolute atomic E-state index is 0.188. The lowest BCUT2D eigenvalue weighted by atomic mass is 10.1. The molecule has 0 aromatic carbocycles. The zero-order valence-corrected chi connectivity index (χ0v) is 16.5. The van der Waals surface area contributed by atoms with Gasteiger partial charge in [-0.05, 0) is 26.2 Å². The lowest BCUT2D eigenvalue weighted by Crippen LogP contribution is -2.57. The summed E-state index contributed by atoms with van der Waals surface area (Å²) >= 11 is 0. The molecule has 0 aromatic heterocycles. The van der Waals surface area contributed by atoms with E-state index in [1.165, 1.54) is 6.92 Å². The number of rotatable bonds is 11. The van der Waals surface area contributed by atoms with Gasteiger partial charge in [-0.1, -0.05) is 0 Å². The Morgan fingerprint density at radius 2 is 1.73 bits per heavy atom. The molecule has 8 N–H and O–H groups in total. The fourth-order valence-corrected chi connectivity index (χ4v) is 3.01. The zero-order valence-electron chi connectivity index (χ0n) is 16.5. The molecular formula is C17H27N5O8. The van der Waals surface area contributed by atoms with Crippen LogP contribution < -0.4 is 22.1 Å². The number of aliphatic carboxylic acids is 2. The summed E-state index contributed by atoms with van der Waals surface area (Å²) in [6, 6.07) is -4.77. The number of hydrogen-bond donors (Lipinski definition) is 6. The van der Waals surface area contributed by atoms with Gasteiger partial charge in [0.2, 0.25) is 23.6 Å². The van der Waals surface area contributed by atoms with Gasteiger partial charge in [0.05, 0.1) is 12.5 Å². The van der Waals surface area contributed by atoms with Crippen molar-refractivity contribution in [1.82, 2.24) is 15.5 Å². The highest BCUT2D eigenvalue weighted by Crippen LogP contribution is 2.18. The number of carbonyl (C=O) groups excluding carboxylic acids is 4. The van der Waals surface area contributed by atoms with E-state index in [4.69, 9.17) is 16.6 Å². The number of carboxylic acids is 2. The number of amides is 4. The fraction of sp³-hybridized carbons (Fsp3) is 0.647. The van der Waals surface area contributed by atoms with Crippen LogP contribution in [0.1, 0.15) is 39.0 Å². The predicted octanol–water partition coefficient (Wildman–Crippen LogP) is -2.88. The van der Waals surface area contributed by atoms with E-state index in [0.717, 1.165) is 4.90 Å². The Kier molecular flexibility index (Phi) is 9.17. The Morgan fingerprint density at radius 3 is 2.27 bits per heavy atom. The Morgan fingerprint density at radius 1 is 1.10 bits per heavy atom. The molecule has 4 atom stereocenters. The topological polar surface area (TPSA) is 222 Å². The van der Waals surface area contributed by atoms with E-state index in [1.807, 2.05) is 0 Å². The molecule has 0 saturated carbocycles. The SMILES string of the molecule is CC(NC(=O)C(CC(N)=O)NC(=O)C(N)CCC(=O)O)C(=O)N1CCCC1C(=O)O. The Balaban J connectivity index is 2.76. The molecule has 30 heavy (non-hydrogen) atoms.